The van der Waals surface area contributed by atoms with Crippen LogP contribution in [0.1, 0.15) is 12.8 Å². The molecule has 1 unspecified atom stereocenters. The molecule has 7 heteroatoms. The van der Waals surface area contributed by atoms with Crippen LogP contribution in [0.5, 0.6) is 5.75 Å². The van der Waals surface area contributed by atoms with Crippen LogP contribution in [0.3, 0.4) is 0 Å². The van der Waals surface area contributed by atoms with E-state index in [4.69, 9.17) is 19.4 Å². The smallest absolute Gasteiger partial charge is 0.206 e. The zero-order valence-electron chi connectivity index (χ0n) is 11.3. The lowest BCUT2D eigenvalue weighted by Gasteiger charge is -2.19. The standard InChI is InChI=1S/C13H18FNO5/c1-18-12-6-9(7-13(12)19-2)20-11-5-8(14)3-4-10(11)15(16)17/h3-5,9,12-13,15-16H,6-7H2,1-2H3/t9-,12+,13-. The Labute approximate surface area is 116 Å². The summed E-state index contributed by atoms with van der Waals surface area (Å²) in [6, 6.07) is 3.38. The van der Waals surface area contributed by atoms with E-state index in [1.54, 1.807) is 14.2 Å². The molecule has 0 bridgehead atoms. The van der Waals surface area contributed by atoms with E-state index in [0.29, 0.717) is 12.8 Å². The maximum atomic E-state index is 13.2. The van der Waals surface area contributed by atoms with Crippen molar-refractivity contribution in [2.75, 3.05) is 14.2 Å². The molecule has 1 aromatic rings. The highest BCUT2D eigenvalue weighted by atomic mass is 19.1. The molecule has 0 aliphatic heterocycles. The van der Waals surface area contributed by atoms with Gasteiger partial charge >= 0.3 is 0 Å². The topological polar surface area (TPSA) is 75.4 Å². The lowest BCUT2D eigenvalue weighted by Crippen LogP contribution is -2.99. The average Bonchev–Trinajstić information content (AvgIpc) is 2.80. The van der Waals surface area contributed by atoms with Crippen LogP contribution in [-0.4, -0.2) is 37.7 Å². The van der Waals surface area contributed by atoms with Crippen molar-refractivity contribution in [3.8, 4) is 5.75 Å². The Kier molecular flexibility index (Phi) is 4.90. The highest BCUT2D eigenvalue weighted by Crippen LogP contribution is 2.31. The summed E-state index contributed by atoms with van der Waals surface area (Å²) in [6.07, 6.45) is 0.679. The quantitative estimate of drug-likeness (QED) is 0.784. The minimum absolute atomic E-state index is 0.0362. The van der Waals surface area contributed by atoms with Crippen LogP contribution in [0, 0.1) is 11.0 Å². The molecule has 2 rings (SSSR count). The van der Waals surface area contributed by atoms with Gasteiger partial charge in [0.25, 0.3) is 0 Å². The van der Waals surface area contributed by atoms with Gasteiger partial charge in [-0.25, -0.2) is 9.60 Å². The third-order valence-electron chi connectivity index (χ3n) is 3.48. The summed E-state index contributed by atoms with van der Waals surface area (Å²) in [5.41, 5.74) is -0.0544. The minimum Gasteiger partial charge on any atom is -0.595 e. The van der Waals surface area contributed by atoms with E-state index in [0.717, 1.165) is 12.1 Å². The van der Waals surface area contributed by atoms with Gasteiger partial charge in [-0.3, -0.25) is 0 Å². The summed E-state index contributed by atoms with van der Waals surface area (Å²) in [5, 5.41) is 19.0. The second-order valence-corrected chi connectivity index (χ2v) is 4.71. The molecule has 0 amide bonds. The number of hydrogen-bond donors (Lipinski definition) is 2. The molecular formula is C13H18FNO5. The van der Waals surface area contributed by atoms with Crippen LogP contribution in [0.4, 0.5) is 10.1 Å². The minimum atomic E-state index is -1.15. The largest absolute Gasteiger partial charge is 0.595 e. The number of halogens is 1. The van der Waals surface area contributed by atoms with Crippen molar-refractivity contribution in [2.45, 2.75) is 31.2 Å². The molecule has 1 aliphatic carbocycles. The molecule has 0 saturated heterocycles. The zero-order chi connectivity index (χ0) is 14.7. The SMILES string of the molecule is CO[C@H]1C[C@@H](Oc2cc(F)ccc2[NH+]([O-])O)C[C@H]1OC. The number of quaternary nitrogens is 1. The summed E-state index contributed by atoms with van der Waals surface area (Å²) in [6.45, 7) is 0. The number of nitrogens with one attached hydrogen (secondary N) is 1. The lowest BCUT2D eigenvalue weighted by molar-refractivity contribution is -0.991. The molecule has 0 heterocycles. The molecular weight excluding hydrogens is 269 g/mol. The predicted octanol–water partition coefficient (Wildman–Crippen LogP) is 0.800. The number of benzene rings is 1. The Morgan fingerprint density at radius 1 is 1.25 bits per heavy atom. The molecule has 1 saturated carbocycles. The fraction of sp³-hybridized carbons (Fsp3) is 0.538. The first-order valence-corrected chi connectivity index (χ1v) is 6.30. The fourth-order valence-corrected chi connectivity index (χ4v) is 2.46. The average molecular weight is 287 g/mol. The number of ether oxygens (including phenoxy) is 3. The summed E-state index contributed by atoms with van der Waals surface area (Å²) in [5.74, 6) is -0.497. The van der Waals surface area contributed by atoms with E-state index >= 15 is 0 Å². The van der Waals surface area contributed by atoms with E-state index < -0.39 is 11.0 Å². The Hall–Kier alpha value is -1.25. The molecule has 0 spiro atoms. The molecule has 1 aliphatic rings. The molecule has 1 fully saturated rings. The maximum Gasteiger partial charge on any atom is 0.206 e. The van der Waals surface area contributed by atoms with Crippen LogP contribution in [-0.2, 0) is 9.47 Å². The van der Waals surface area contributed by atoms with E-state index in [2.05, 4.69) is 0 Å². The molecule has 6 nitrogen and oxygen atoms in total. The van der Waals surface area contributed by atoms with Gasteiger partial charge in [0.2, 0.25) is 5.69 Å². The van der Waals surface area contributed by atoms with Crippen molar-refractivity contribution in [1.82, 2.24) is 0 Å². The molecule has 112 valence electrons. The second kappa shape index (κ2) is 6.47. The van der Waals surface area contributed by atoms with Crippen molar-refractivity contribution >= 4 is 5.69 Å². The summed E-state index contributed by atoms with van der Waals surface area (Å²) in [7, 11) is 3.17. The molecule has 2 N–H and O–H groups in total. The van der Waals surface area contributed by atoms with Crippen molar-refractivity contribution in [3.05, 3.63) is 29.2 Å². The van der Waals surface area contributed by atoms with Gasteiger partial charge in [0.05, 0.1) is 12.2 Å². The van der Waals surface area contributed by atoms with Gasteiger partial charge in [0, 0.05) is 39.2 Å². The van der Waals surface area contributed by atoms with Crippen LogP contribution >= 0.6 is 0 Å². The van der Waals surface area contributed by atoms with Crippen molar-refractivity contribution in [2.24, 2.45) is 0 Å². The number of hydrogen-bond acceptors (Lipinski definition) is 5. The van der Waals surface area contributed by atoms with Gasteiger partial charge in [-0.1, -0.05) is 0 Å². The molecule has 1 aromatic carbocycles. The molecule has 20 heavy (non-hydrogen) atoms. The Bertz CT molecular complexity index is 444. The first-order valence-electron chi connectivity index (χ1n) is 6.30. The lowest BCUT2D eigenvalue weighted by atomic mass is 10.2. The monoisotopic (exact) mass is 287 g/mol. The van der Waals surface area contributed by atoms with Crippen LogP contribution in [0.2, 0.25) is 0 Å². The Morgan fingerprint density at radius 2 is 1.85 bits per heavy atom. The maximum absolute atomic E-state index is 13.2. The van der Waals surface area contributed by atoms with Crippen molar-refractivity contribution in [1.29, 1.82) is 0 Å². The van der Waals surface area contributed by atoms with Crippen LogP contribution in [0.25, 0.3) is 0 Å². The Balaban J connectivity index is 2.12. The summed E-state index contributed by atoms with van der Waals surface area (Å²) in [4.78, 5) is 0. The zero-order valence-corrected chi connectivity index (χ0v) is 11.3. The molecule has 0 aromatic heterocycles. The van der Waals surface area contributed by atoms with Crippen molar-refractivity contribution < 1.29 is 29.0 Å². The van der Waals surface area contributed by atoms with E-state index in [9.17, 15) is 9.60 Å². The Morgan fingerprint density at radius 3 is 2.35 bits per heavy atom. The highest BCUT2D eigenvalue weighted by Gasteiger charge is 2.36. The normalized spacial score (nSPS) is 27.6. The molecule has 0 radical (unpaired) electrons. The van der Waals surface area contributed by atoms with Crippen LogP contribution in [0.15, 0.2) is 18.2 Å². The van der Waals surface area contributed by atoms with Gasteiger partial charge in [0.15, 0.2) is 5.75 Å². The van der Waals surface area contributed by atoms with Gasteiger partial charge in [-0.2, -0.15) is 5.23 Å². The van der Waals surface area contributed by atoms with Gasteiger partial charge in [-0.15, -0.1) is 0 Å². The van der Waals surface area contributed by atoms with Crippen LogP contribution < -0.4 is 9.96 Å². The van der Waals surface area contributed by atoms with Gasteiger partial charge < -0.3 is 19.4 Å². The number of rotatable bonds is 5. The van der Waals surface area contributed by atoms with E-state index in [1.807, 2.05) is 0 Å². The molecule has 4 atom stereocenters. The summed E-state index contributed by atoms with van der Waals surface area (Å²) >= 11 is 0. The third-order valence-corrected chi connectivity index (χ3v) is 3.48. The van der Waals surface area contributed by atoms with Crippen molar-refractivity contribution in [3.63, 3.8) is 0 Å². The first-order chi connectivity index (χ1) is 9.55. The van der Waals surface area contributed by atoms with E-state index in [1.165, 1.54) is 6.07 Å². The van der Waals surface area contributed by atoms with Gasteiger partial charge in [0.1, 0.15) is 11.9 Å². The predicted molar refractivity (Wildman–Crippen MR) is 67.4 cm³/mol. The number of methoxy groups -OCH3 is 2. The second-order valence-electron chi connectivity index (χ2n) is 4.71. The first kappa shape index (κ1) is 15.1. The van der Waals surface area contributed by atoms with E-state index in [-0.39, 0.29) is 29.7 Å². The van der Waals surface area contributed by atoms with Gasteiger partial charge in [-0.05, 0) is 6.07 Å². The third kappa shape index (κ3) is 3.25. The highest BCUT2D eigenvalue weighted by molar-refractivity contribution is 5.45. The summed E-state index contributed by atoms with van der Waals surface area (Å²) < 4.78 is 29.5. The fourth-order valence-electron chi connectivity index (χ4n) is 2.46.